The fourth-order valence-electron chi connectivity index (χ4n) is 4.64. The van der Waals surface area contributed by atoms with Crippen molar-refractivity contribution in [3.05, 3.63) is 51.0 Å². The molecule has 0 saturated carbocycles. The predicted molar refractivity (Wildman–Crippen MR) is 143 cm³/mol. The van der Waals surface area contributed by atoms with Crippen LogP contribution in [0.15, 0.2) is 29.2 Å². The molecule has 1 fully saturated rings. The molecule has 2 aromatic rings. The molecule has 2 aliphatic rings. The highest BCUT2D eigenvalue weighted by Gasteiger charge is 2.44. The largest absolute Gasteiger partial charge is 0.497 e. The molecule has 0 N–H and O–H groups in total. The SMILES string of the molecule is COc1cc(C(C)C)c2c(c1)S(=O)(=O)N(COC(=O)c1c(Cl)ccc(OC(C)N3CCCCC3)c1Cl)C2=O. The number of piperidine rings is 1. The number of amides is 1. The van der Waals surface area contributed by atoms with E-state index in [0.717, 1.165) is 25.9 Å². The van der Waals surface area contributed by atoms with Crippen LogP contribution in [0.3, 0.4) is 0 Å². The minimum absolute atomic E-state index is 0.00342. The van der Waals surface area contributed by atoms with E-state index in [9.17, 15) is 18.0 Å². The maximum absolute atomic E-state index is 13.2. The molecule has 0 aliphatic carbocycles. The van der Waals surface area contributed by atoms with E-state index in [1.807, 2.05) is 20.8 Å². The number of hydrogen-bond donors (Lipinski definition) is 0. The molecule has 1 saturated heterocycles. The number of nitrogens with zero attached hydrogens (tertiary/aromatic N) is 2. The lowest BCUT2D eigenvalue weighted by Gasteiger charge is -2.32. The molecule has 0 radical (unpaired) electrons. The van der Waals surface area contributed by atoms with Crippen molar-refractivity contribution >= 4 is 45.1 Å². The van der Waals surface area contributed by atoms with Crippen molar-refractivity contribution in [1.29, 1.82) is 0 Å². The van der Waals surface area contributed by atoms with Gasteiger partial charge in [0.15, 0.2) is 6.73 Å². The van der Waals surface area contributed by atoms with Crippen LogP contribution in [0.25, 0.3) is 0 Å². The second kappa shape index (κ2) is 11.3. The fraction of sp³-hybridized carbons (Fsp3) is 0.462. The van der Waals surface area contributed by atoms with Crippen LogP contribution in [0.1, 0.15) is 72.2 Å². The van der Waals surface area contributed by atoms with Crippen LogP contribution in [-0.4, -0.2) is 62.7 Å². The zero-order chi connectivity index (χ0) is 27.8. The van der Waals surface area contributed by atoms with Gasteiger partial charge in [0.2, 0.25) is 0 Å². The molecule has 1 unspecified atom stereocenters. The van der Waals surface area contributed by atoms with E-state index >= 15 is 0 Å². The van der Waals surface area contributed by atoms with Gasteiger partial charge in [-0.2, -0.15) is 4.31 Å². The van der Waals surface area contributed by atoms with E-state index in [4.69, 9.17) is 37.4 Å². The average Bonchev–Trinajstić information content (AvgIpc) is 3.08. The van der Waals surface area contributed by atoms with Gasteiger partial charge in [-0.3, -0.25) is 9.69 Å². The van der Waals surface area contributed by atoms with Crippen LogP contribution in [0.5, 0.6) is 11.5 Å². The minimum Gasteiger partial charge on any atom is -0.497 e. The number of fused-ring (bicyclic) bond motifs is 1. The molecule has 0 bridgehead atoms. The number of methoxy groups -OCH3 is 1. The summed E-state index contributed by atoms with van der Waals surface area (Å²) < 4.78 is 43.5. The number of hydrogen-bond acceptors (Lipinski definition) is 8. The monoisotopic (exact) mass is 584 g/mol. The van der Waals surface area contributed by atoms with Gasteiger partial charge in [0.1, 0.15) is 28.2 Å². The van der Waals surface area contributed by atoms with Crippen LogP contribution in [-0.2, 0) is 14.8 Å². The summed E-state index contributed by atoms with van der Waals surface area (Å²) in [6.45, 7) is 6.51. The first-order valence-electron chi connectivity index (χ1n) is 12.3. The molecule has 38 heavy (non-hydrogen) atoms. The van der Waals surface area contributed by atoms with Crippen LogP contribution < -0.4 is 9.47 Å². The van der Waals surface area contributed by atoms with Crippen molar-refractivity contribution in [3.63, 3.8) is 0 Å². The van der Waals surface area contributed by atoms with E-state index < -0.39 is 28.6 Å². The highest BCUT2D eigenvalue weighted by atomic mass is 35.5. The van der Waals surface area contributed by atoms with Gasteiger partial charge >= 0.3 is 5.97 Å². The Kier molecular flexibility index (Phi) is 8.46. The Morgan fingerprint density at radius 3 is 2.39 bits per heavy atom. The molecular weight excluding hydrogens is 555 g/mol. The molecule has 0 spiro atoms. The summed E-state index contributed by atoms with van der Waals surface area (Å²) in [4.78, 5) is 28.2. The maximum atomic E-state index is 13.2. The van der Waals surface area contributed by atoms with Gasteiger partial charge in [-0.25, -0.2) is 13.2 Å². The number of esters is 1. The zero-order valence-corrected chi connectivity index (χ0v) is 24.0. The summed E-state index contributed by atoms with van der Waals surface area (Å²) in [5.74, 6) is -1.39. The van der Waals surface area contributed by atoms with Crippen LogP contribution in [0.2, 0.25) is 10.0 Å². The Balaban J connectivity index is 1.55. The molecule has 9 nitrogen and oxygen atoms in total. The van der Waals surface area contributed by atoms with Gasteiger partial charge in [-0.15, -0.1) is 0 Å². The van der Waals surface area contributed by atoms with Crippen molar-refractivity contribution in [2.45, 2.75) is 57.1 Å². The highest BCUT2D eigenvalue weighted by molar-refractivity contribution is 7.90. The number of sulfonamides is 1. The smallest absolute Gasteiger partial charge is 0.343 e. The quantitative estimate of drug-likeness (QED) is 0.385. The van der Waals surface area contributed by atoms with Gasteiger partial charge in [-0.1, -0.05) is 43.5 Å². The number of halogens is 2. The predicted octanol–water partition coefficient (Wildman–Crippen LogP) is 5.30. The Hall–Kier alpha value is -2.53. The summed E-state index contributed by atoms with van der Waals surface area (Å²) in [5, 5.41) is -0.0548. The third kappa shape index (κ3) is 5.32. The highest BCUT2D eigenvalue weighted by Crippen LogP contribution is 2.39. The summed E-state index contributed by atoms with van der Waals surface area (Å²) in [6, 6.07) is 5.93. The van der Waals surface area contributed by atoms with Crippen molar-refractivity contribution in [1.82, 2.24) is 9.21 Å². The summed E-state index contributed by atoms with van der Waals surface area (Å²) >= 11 is 12.8. The molecule has 1 atom stereocenters. The van der Waals surface area contributed by atoms with E-state index in [0.29, 0.717) is 15.6 Å². The molecule has 2 aromatic carbocycles. The lowest BCUT2D eigenvalue weighted by Crippen LogP contribution is -2.40. The number of ether oxygens (including phenoxy) is 3. The lowest BCUT2D eigenvalue weighted by molar-refractivity contribution is 0.0256. The number of rotatable bonds is 8. The van der Waals surface area contributed by atoms with Crippen LogP contribution in [0.4, 0.5) is 0 Å². The third-order valence-corrected chi connectivity index (χ3v) is 9.17. The summed E-state index contributed by atoms with van der Waals surface area (Å²) in [6.07, 6.45) is 3.05. The maximum Gasteiger partial charge on any atom is 0.343 e. The fourth-order valence-corrected chi connectivity index (χ4v) is 6.67. The van der Waals surface area contributed by atoms with Crippen molar-refractivity contribution in [2.75, 3.05) is 26.9 Å². The Bertz CT molecular complexity index is 1360. The second-order valence-electron chi connectivity index (χ2n) is 9.51. The number of carbonyl (C=O) groups is 2. The Morgan fingerprint density at radius 2 is 1.76 bits per heavy atom. The molecular formula is C26H30Cl2N2O7S. The normalized spacial score (nSPS) is 17.9. The molecule has 1 amide bonds. The van der Waals surface area contributed by atoms with E-state index in [1.54, 1.807) is 12.1 Å². The Labute approximate surface area is 232 Å². The molecule has 2 aliphatic heterocycles. The standard InChI is InChI=1S/C26H30Cl2N2O7S/c1-15(2)18-12-17(35-4)13-21-22(18)25(31)30(38(21,33)34)14-36-26(32)23-19(27)8-9-20(24(23)28)37-16(3)29-10-6-5-7-11-29/h8-9,12-13,15-16H,5-7,10-11,14H2,1-4H3. The van der Waals surface area contributed by atoms with Crippen molar-refractivity contribution in [3.8, 4) is 11.5 Å². The van der Waals surface area contributed by atoms with Gasteiger partial charge in [0, 0.05) is 19.2 Å². The van der Waals surface area contributed by atoms with E-state index in [2.05, 4.69) is 4.90 Å². The zero-order valence-electron chi connectivity index (χ0n) is 21.6. The topological polar surface area (TPSA) is 102 Å². The number of benzene rings is 2. The molecule has 2 heterocycles. The molecule has 0 aromatic heterocycles. The van der Waals surface area contributed by atoms with E-state index in [1.165, 1.54) is 25.7 Å². The third-order valence-electron chi connectivity index (χ3n) is 6.75. The Morgan fingerprint density at radius 1 is 1.08 bits per heavy atom. The molecule has 4 rings (SSSR count). The first kappa shape index (κ1) is 28.5. The summed E-state index contributed by atoms with van der Waals surface area (Å²) in [5.41, 5.74) is 0.373. The van der Waals surface area contributed by atoms with Gasteiger partial charge in [-0.05, 0) is 49.4 Å². The average molecular weight is 586 g/mol. The first-order chi connectivity index (χ1) is 18.0. The molecule has 206 valence electrons. The minimum atomic E-state index is -4.29. The molecule has 12 heteroatoms. The van der Waals surface area contributed by atoms with Crippen LogP contribution >= 0.6 is 23.2 Å². The lowest BCUT2D eigenvalue weighted by atomic mass is 9.96. The van der Waals surface area contributed by atoms with Crippen molar-refractivity contribution in [2.24, 2.45) is 0 Å². The number of likely N-dealkylation sites (tertiary alicyclic amines) is 1. The first-order valence-corrected chi connectivity index (χ1v) is 14.5. The van der Waals surface area contributed by atoms with Gasteiger partial charge in [0.25, 0.3) is 15.9 Å². The van der Waals surface area contributed by atoms with Gasteiger partial charge < -0.3 is 14.2 Å². The summed E-state index contributed by atoms with van der Waals surface area (Å²) in [7, 11) is -2.88. The second-order valence-corrected chi connectivity index (χ2v) is 12.1. The number of carbonyl (C=O) groups excluding carboxylic acids is 2. The van der Waals surface area contributed by atoms with E-state index in [-0.39, 0.29) is 44.0 Å². The van der Waals surface area contributed by atoms with Crippen LogP contribution in [0, 0.1) is 0 Å². The van der Waals surface area contributed by atoms with Gasteiger partial charge in [0.05, 0.1) is 22.7 Å². The van der Waals surface area contributed by atoms with Crippen molar-refractivity contribution < 1.29 is 32.2 Å².